The second kappa shape index (κ2) is 15.0. The van der Waals surface area contributed by atoms with Gasteiger partial charge in [0.25, 0.3) is 0 Å². The molecule has 2 aromatic heterocycles. The van der Waals surface area contributed by atoms with Gasteiger partial charge in [0.2, 0.25) is 0 Å². The van der Waals surface area contributed by atoms with Gasteiger partial charge in [-0.25, -0.2) is 0 Å². The van der Waals surface area contributed by atoms with Crippen molar-refractivity contribution in [1.82, 2.24) is 15.7 Å². The number of hydrogen-bond donors (Lipinski definition) is 8. The van der Waals surface area contributed by atoms with E-state index in [2.05, 4.69) is 4.98 Å². The van der Waals surface area contributed by atoms with Crippen LogP contribution in [0.25, 0.3) is 55.0 Å². The monoisotopic (exact) mass is 803 g/mol. The molecule has 58 heavy (non-hydrogen) atoms. The Bertz CT molecular complexity index is 2940. The van der Waals surface area contributed by atoms with E-state index >= 15 is 0 Å². The maximum Gasteiger partial charge on any atom is 0.446 e. The van der Waals surface area contributed by atoms with E-state index in [9.17, 15) is 43.3 Å². The summed E-state index contributed by atoms with van der Waals surface area (Å²) >= 11 is 0. The minimum Gasteiger partial charge on any atom is -0.508 e. The molecule has 0 saturated heterocycles. The number of aryl methyl sites for hydroxylation is 2. The van der Waals surface area contributed by atoms with Crippen LogP contribution in [0.4, 0.5) is 0 Å². The van der Waals surface area contributed by atoms with Gasteiger partial charge in [-0.1, -0.05) is 60.7 Å². The zero-order valence-electron chi connectivity index (χ0n) is 30.7. The van der Waals surface area contributed by atoms with Gasteiger partial charge < -0.3 is 50.2 Å². The molecule has 0 saturated carbocycles. The number of methoxy groups -OCH3 is 1. The number of carbonyl (C=O) groups excluding carboxylic acids is 1. The number of nitrogens with zero attached hydrogens (tertiary/aromatic N) is 1. The van der Waals surface area contributed by atoms with Gasteiger partial charge in [0.05, 0.1) is 29.2 Å². The molecule has 15 heteroatoms. The maximum absolute atomic E-state index is 14.3. The summed E-state index contributed by atoms with van der Waals surface area (Å²) in [6.45, 7) is 0.190. The SMILES string of the molecule is COC(=O)C(c1ccc(O)cc1)c1c(-c2ccc(O)cc2)c2c3c([nH]c4c(OS(=O)(=O)O)cccc43)c(O)c(-c3ccc(O)cc3)c2n1CCc1ccc(O)cc1.N. The van der Waals surface area contributed by atoms with Crippen LogP contribution in [0.2, 0.25) is 0 Å². The first kappa shape index (κ1) is 39.1. The summed E-state index contributed by atoms with van der Waals surface area (Å²) in [5.74, 6) is -2.31. The largest absolute Gasteiger partial charge is 0.508 e. The molecule has 0 bridgehead atoms. The van der Waals surface area contributed by atoms with Gasteiger partial charge in [-0.2, -0.15) is 8.42 Å². The lowest BCUT2D eigenvalue weighted by Gasteiger charge is -2.22. The number of aromatic hydroxyl groups is 5. The highest BCUT2D eigenvalue weighted by molar-refractivity contribution is 7.81. The summed E-state index contributed by atoms with van der Waals surface area (Å²) in [7, 11) is -3.72. The van der Waals surface area contributed by atoms with Gasteiger partial charge in [-0.15, -0.1) is 0 Å². The molecule has 14 nitrogen and oxygen atoms in total. The van der Waals surface area contributed by atoms with Crippen molar-refractivity contribution in [1.29, 1.82) is 0 Å². The molecule has 10 N–H and O–H groups in total. The standard InChI is InChI=1S/C43H34N2O11S.H3N/c1-55-43(51)35(26-11-19-30(49)20-12-26)40-33(24-7-15-28(47)16-8-24)37-36-31-3-2-4-32(56-57(52,53)54)38(31)44-39(36)42(50)34(25-9-17-29(48)18-10-25)41(37)45(40)22-21-23-5-13-27(46)14-6-23;/h2-20,35,44,46-50H,21-22H2,1H3,(H,52,53,54);1H3. The van der Waals surface area contributed by atoms with Crippen LogP contribution in [0.3, 0.4) is 0 Å². The normalized spacial score (nSPS) is 12.1. The molecule has 8 rings (SSSR count). The van der Waals surface area contributed by atoms with Crippen LogP contribution >= 0.6 is 0 Å². The lowest BCUT2D eigenvalue weighted by molar-refractivity contribution is -0.141. The molecule has 0 radical (unpaired) electrons. The van der Waals surface area contributed by atoms with Gasteiger partial charge in [0, 0.05) is 34.0 Å². The van der Waals surface area contributed by atoms with Crippen molar-refractivity contribution in [2.75, 3.05) is 7.11 Å². The number of carbonyl (C=O) groups is 1. The fourth-order valence-electron chi connectivity index (χ4n) is 7.64. The van der Waals surface area contributed by atoms with E-state index in [0.717, 1.165) is 5.56 Å². The molecule has 0 aliphatic heterocycles. The van der Waals surface area contributed by atoms with Gasteiger partial charge in [0.1, 0.15) is 34.7 Å². The van der Waals surface area contributed by atoms with Crippen LogP contribution in [0, 0.1) is 0 Å². The first-order chi connectivity index (χ1) is 27.3. The molecule has 6 aromatic carbocycles. The Balaban J connectivity index is 0.00000512. The molecular formula is C43H37N3O11S. The smallest absolute Gasteiger partial charge is 0.446 e. The first-order valence-electron chi connectivity index (χ1n) is 17.6. The molecule has 0 fully saturated rings. The number of ether oxygens (including phenoxy) is 1. The highest BCUT2D eigenvalue weighted by Gasteiger charge is 2.36. The third-order valence-electron chi connectivity index (χ3n) is 10.1. The Kier molecular flexibility index (Phi) is 10.1. The van der Waals surface area contributed by atoms with Crippen molar-refractivity contribution in [3.05, 3.63) is 132 Å². The van der Waals surface area contributed by atoms with Crippen LogP contribution in [-0.2, 0) is 32.9 Å². The van der Waals surface area contributed by atoms with Crippen LogP contribution < -0.4 is 10.3 Å². The van der Waals surface area contributed by atoms with Crippen molar-refractivity contribution >= 4 is 49.1 Å². The number of aromatic nitrogens is 2. The van der Waals surface area contributed by atoms with Gasteiger partial charge in [0.15, 0.2) is 5.75 Å². The molecule has 0 aliphatic carbocycles. The number of para-hydroxylation sites is 1. The van der Waals surface area contributed by atoms with E-state index < -0.39 is 22.3 Å². The molecule has 2 heterocycles. The third-order valence-corrected chi connectivity index (χ3v) is 10.5. The Hall–Kier alpha value is -7.20. The van der Waals surface area contributed by atoms with Gasteiger partial charge in [-0.05, 0) is 83.3 Å². The van der Waals surface area contributed by atoms with Gasteiger partial charge >= 0.3 is 16.4 Å². The number of phenolic OH excluding ortho intramolecular Hbond substituents is 5. The lowest BCUT2D eigenvalue weighted by Crippen LogP contribution is -2.21. The number of rotatable bonds is 10. The van der Waals surface area contributed by atoms with Crippen molar-refractivity contribution in [2.45, 2.75) is 18.9 Å². The topological polar surface area (TPSA) is 247 Å². The molecule has 0 aliphatic rings. The van der Waals surface area contributed by atoms with Crippen molar-refractivity contribution in [3.8, 4) is 56.8 Å². The fraction of sp³-hybridized carbons (Fsp3) is 0.0930. The zero-order valence-corrected chi connectivity index (χ0v) is 31.6. The predicted molar refractivity (Wildman–Crippen MR) is 218 cm³/mol. The predicted octanol–water partition coefficient (Wildman–Crippen LogP) is 8.03. The van der Waals surface area contributed by atoms with Crippen molar-refractivity contribution in [3.63, 3.8) is 0 Å². The number of hydrogen-bond acceptors (Lipinski definition) is 11. The zero-order chi connectivity index (χ0) is 40.2. The average Bonchev–Trinajstić information content (AvgIpc) is 3.73. The Morgan fingerprint density at radius 2 is 1.24 bits per heavy atom. The number of nitrogens with one attached hydrogen (secondary N) is 1. The number of H-pyrrole nitrogens is 1. The summed E-state index contributed by atoms with van der Waals surface area (Å²) in [4.78, 5) is 17.4. The van der Waals surface area contributed by atoms with Gasteiger partial charge in [-0.3, -0.25) is 9.35 Å². The number of aromatic amines is 1. The summed E-state index contributed by atoms with van der Waals surface area (Å²) in [5.41, 5.74) is 4.24. The van der Waals surface area contributed by atoms with Crippen LogP contribution in [0.15, 0.2) is 115 Å². The molecular weight excluding hydrogens is 767 g/mol. The average molecular weight is 804 g/mol. The fourth-order valence-corrected chi connectivity index (χ4v) is 8.00. The van der Waals surface area contributed by atoms with E-state index in [1.807, 2.05) is 4.57 Å². The summed E-state index contributed by atoms with van der Waals surface area (Å²) in [6.07, 6.45) is 0.365. The molecule has 0 amide bonds. The number of benzene rings is 6. The van der Waals surface area contributed by atoms with E-state index in [1.165, 1.54) is 55.6 Å². The van der Waals surface area contributed by atoms with Crippen LogP contribution in [0.1, 0.15) is 22.7 Å². The molecule has 1 unspecified atom stereocenters. The maximum atomic E-state index is 14.3. The van der Waals surface area contributed by atoms with Crippen molar-refractivity contribution < 1.29 is 52.2 Å². The van der Waals surface area contributed by atoms with Crippen molar-refractivity contribution in [2.24, 2.45) is 0 Å². The molecule has 1 atom stereocenters. The summed E-state index contributed by atoms with van der Waals surface area (Å²) in [6, 6.07) is 29.9. The minimum absolute atomic E-state index is 0. The highest BCUT2D eigenvalue weighted by Crippen LogP contribution is 2.53. The van der Waals surface area contributed by atoms with Crippen LogP contribution in [-0.4, -0.2) is 61.1 Å². The highest BCUT2D eigenvalue weighted by atomic mass is 32.3. The first-order valence-corrected chi connectivity index (χ1v) is 18.9. The second-order valence-corrected chi connectivity index (χ2v) is 14.5. The number of fused-ring (bicyclic) bond motifs is 5. The summed E-state index contributed by atoms with van der Waals surface area (Å²) < 4.78 is 46.1. The van der Waals surface area contributed by atoms with E-state index in [1.54, 1.807) is 66.7 Å². The quantitative estimate of drug-likeness (QED) is 0.0484. The van der Waals surface area contributed by atoms with E-state index in [-0.39, 0.29) is 63.8 Å². The van der Waals surface area contributed by atoms with E-state index in [4.69, 9.17) is 8.92 Å². The minimum atomic E-state index is -4.98. The van der Waals surface area contributed by atoms with E-state index in [0.29, 0.717) is 56.0 Å². The third kappa shape index (κ3) is 6.93. The lowest BCUT2D eigenvalue weighted by atomic mass is 9.88. The molecule has 0 spiro atoms. The Morgan fingerprint density at radius 3 is 1.79 bits per heavy atom. The molecule has 8 aromatic rings. The number of phenols is 5. The summed E-state index contributed by atoms with van der Waals surface area (Å²) in [5, 5.41) is 54.9. The second-order valence-electron chi connectivity index (χ2n) is 13.5. The molecule has 296 valence electrons. The Morgan fingerprint density at radius 1 is 0.707 bits per heavy atom. The Labute approximate surface area is 330 Å². The van der Waals surface area contributed by atoms with Crippen LogP contribution in [0.5, 0.6) is 34.5 Å². The number of esters is 1.